The van der Waals surface area contributed by atoms with Gasteiger partial charge >= 0.3 is 0 Å². The monoisotopic (exact) mass is 509 g/mol. The fourth-order valence-corrected chi connectivity index (χ4v) is 4.95. The van der Waals surface area contributed by atoms with Gasteiger partial charge in [-0.1, -0.05) is 0 Å². The number of benzene rings is 1. The molecule has 1 saturated heterocycles. The fraction of sp³-hybridized carbons (Fsp3) is 0.409. The predicted molar refractivity (Wildman–Crippen MR) is 116 cm³/mol. The Morgan fingerprint density at radius 2 is 1.88 bits per heavy atom. The van der Waals surface area contributed by atoms with Crippen molar-refractivity contribution in [1.29, 1.82) is 0 Å². The maximum Gasteiger partial charge on any atom is 0.294 e. The van der Waals surface area contributed by atoms with Crippen molar-refractivity contribution in [3.8, 4) is 0 Å². The first-order valence-electron chi connectivity index (χ1n) is 10.3. The molecule has 0 atom stereocenters. The molecule has 0 radical (unpaired) electrons. The lowest BCUT2D eigenvalue weighted by atomic mass is 9.92. The highest BCUT2D eigenvalue weighted by Gasteiger charge is 2.37. The molecule has 4 rings (SSSR count). The third-order valence-corrected chi connectivity index (χ3v) is 6.72. The summed E-state index contributed by atoms with van der Waals surface area (Å²) in [4.78, 5) is 38.9. The van der Waals surface area contributed by atoms with E-state index in [2.05, 4.69) is 26.6 Å². The molecule has 0 bridgehead atoms. The van der Waals surface area contributed by atoms with E-state index in [-0.39, 0.29) is 21.4 Å². The number of hydrogen-bond donors (Lipinski definition) is 2. The predicted octanol–water partition coefficient (Wildman–Crippen LogP) is 3.60. The lowest BCUT2D eigenvalue weighted by molar-refractivity contribution is -0.119. The number of ether oxygens (including phenoxy) is 1. The number of carbonyl (C=O) groups is 3. The van der Waals surface area contributed by atoms with Crippen molar-refractivity contribution < 1.29 is 27.9 Å². The molecule has 0 aliphatic carbocycles. The second kappa shape index (κ2) is 8.74. The summed E-state index contributed by atoms with van der Waals surface area (Å²) in [5.74, 6) is -4.16. The number of ketones is 1. The zero-order chi connectivity index (χ0) is 23.0. The van der Waals surface area contributed by atoms with Crippen LogP contribution in [0, 0.1) is 11.6 Å². The summed E-state index contributed by atoms with van der Waals surface area (Å²) < 4.78 is 33.9. The van der Waals surface area contributed by atoms with Crippen molar-refractivity contribution in [3.63, 3.8) is 0 Å². The van der Waals surface area contributed by atoms with E-state index in [9.17, 15) is 23.2 Å². The van der Waals surface area contributed by atoms with Crippen LogP contribution in [0.2, 0.25) is 0 Å². The van der Waals surface area contributed by atoms with Gasteiger partial charge < -0.3 is 19.9 Å². The standard InChI is InChI=1S/C22H22BrF2N3O4/c1-22(6-9-32-10-7-22)27-21(31)19(29)18-17(23)16(15-3-2-8-28(15)18)20(30)26-12-4-5-13(24)14(25)11-12/h4-5,11H,2-3,6-10H2,1H3,(H,26,30)(H,27,31). The van der Waals surface area contributed by atoms with Crippen LogP contribution >= 0.6 is 15.9 Å². The lowest BCUT2D eigenvalue weighted by Gasteiger charge is -2.34. The minimum Gasteiger partial charge on any atom is -0.381 e. The van der Waals surface area contributed by atoms with Gasteiger partial charge in [0, 0.05) is 42.7 Å². The van der Waals surface area contributed by atoms with Crippen LogP contribution in [0.3, 0.4) is 0 Å². The quantitative estimate of drug-likeness (QED) is 0.476. The molecule has 0 saturated carbocycles. The van der Waals surface area contributed by atoms with Crippen LogP contribution in [0.5, 0.6) is 0 Å². The molecule has 7 nitrogen and oxygen atoms in total. The number of nitrogens with one attached hydrogen (secondary N) is 2. The highest BCUT2D eigenvalue weighted by molar-refractivity contribution is 9.10. The first-order chi connectivity index (χ1) is 15.2. The van der Waals surface area contributed by atoms with Crippen molar-refractivity contribution in [2.75, 3.05) is 18.5 Å². The van der Waals surface area contributed by atoms with Crippen LogP contribution in [-0.4, -0.2) is 40.9 Å². The highest BCUT2D eigenvalue weighted by Crippen LogP contribution is 2.34. The fourth-order valence-electron chi connectivity index (χ4n) is 4.15. The van der Waals surface area contributed by atoms with Gasteiger partial charge in [-0.05, 0) is 60.7 Å². The summed E-state index contributed by atoms with van der Waals surface area (Å²) in [5.41, 5.74) is 0.481. The number of nitrogens with zero attached hydrogens (tertiary/aromatic N) is 1. The van der Waals surface area contributed by atoms with Crippen molar-refractivity contribution in [2.24, 2.45) is 0 Å². The molecule has 2 N–H and O–H groups in total. The van der Waals surface area contributed by atoms with Gasteiger partial charge in [0.2, 0.25) is 0 Å². The zero-order valence-corrected chi connectivity index (χ0v) is 19.0. The lowest BCUT2D eigenvalue weighted by Crippen LogP contribution is -2.51. The SMILES string of the molecule is CC1(NC(=O)C(=O)c2c(Br)c(C(=O)Nc3ccc(F)c(F)c3)c3n2CCC3)CCOCC1. The van der Waals surface area contributed by atoms with E-state index in [1.165, 1.54) is 6.07 Å². The smallest absolute Gasteiger partial charge is 0.294 e. The molecule has 1 fully saturated rings. The maximum absolute atomic E-state index is 13.5. The van der Waals surface area contributed by atoms with Gasteiger partial charge in [0.1, 0.15) is 5.69 Å². The molecule has 2 aliphatic heterocycles. The minimum absolute atomic E-state index is 0.0804. The normalized spacial score (nSPS) is 17.0. The molecule has 2 aliphatic rings. The molecule has 0 unspecified atom stereocenters. The van der Waals surface area contributed by atoms with Gasteiger partial charge in [-0.25, -0.2) is 8.78 Å². The number of anilines is 1. The summed E-state index contributed by atoms with van der Waals surface area (Å²) in [5, 5.41) is 5.36. The van der Waals surface area contributed by atoms with Crippen LogP contribution in [0.1, 0.15) is 52.7 Å². The molecular formula is C22H22BrF2N3O4. The Bertz CT molecular complexity index is 1110. The number of amides is 2. The number of Topliss-reactive ketones (excluding diaryl/α,β-unsaturated/α-hetero) is 1. The van der Waals surface area contributed by atoms with E-state index in [1.807, 2.05) is 6.92 Å². The molecule has 0 spiro atoms. The number of aromatic nitrogens is 1. The summed E-state index contributed by atoms with van der Waals surface area (Å²) in [6.45, 7) is 3.37. The molecule has 170 valence electrons. The molecule has 2 amide bonds. The van der Waals surface area contributed by atoms with Crippen molar-refractivity contribution in [2.45, 2.75) is 44.7 Å². The van der Waals surface area contributed by atoms with Crippen LogP contribution in [0.4, 0.5) is 14.5 Å². The average molecular weight is 510 g/mol. The molecule has 32 heavy (non-hydrogen) atoms. The Kier molecular flexibility index (Phi) is 6.17. The molecule has 1 aromatic heterocycles. The Morgan fingerprint density at radius 1 is 1.16 bits per heavy atom. The largest absolute Gasteiger partial charge is 0.381 e. The average Bonchev–Trinajstić information content (AvgIpc) is 3.30. The summed E-state index contributed by atoms with van der Waals surface area (Å²) in [6.07, 6.45) is 2.46. The third kappa shape index (κ3) is 4.21. The number of hydrogen-bond acceptors (Lipinski definition) is 4. The zero-order valence-electron chi connectivity index (χ0n) is 17.4. The van der Waals surface area contributed by atoms with Gasteiger partial charge in [-0.2, -0.15) is 0 Å². The van der Waals surface area contributed by atoms with Gasteiger partial charge in [0.15, 0.2) is 11.6 Å². The highest BCUT2D eigenvalue weighted by atomic mass is 79.9. The Morgan fingerprint density at radius 3 is 2.56 bits per heavy atom. The van der Waals surface area contributed by atoms with E-state index in [0.29, 0.717) is 51.1 Å². The van der Waals surface area contributed by atoms with E-state index in [1.54, 1.807) is 4.57 Å². The van der Waals surface area contributed by atoms with E-state index < -0.39 is 34.8 Å². The van der Waals surface area contributed by atoms with E-state index in [0.717, 1.165) is 12.1 Å². The van der Waals surface area contributed by atoms with Crippen molar-refractivity contribution in [1.82, 2.24) is 9.88 Å². The Balaban J connectivity index is 1.61. The molecule has 10 heteroatoms. The molecule has 1 aromatic carbocycles. The Hall–Kier alpha value is -2.59. The van der Waals surface area contributed by atoms with E-state index in [4.69, 9.17) is 4.74 Å². The molecule has 2 aromatic rings. The maximum atomic E-state index is 13.5. The second-order valence-corrected chi connectivity index (χ2v) is 9.07. The second-order valence-electron chi connectivity index (χ2n) is 8.28. The van der Waals surface area contributed by atoms with Gasteiger partial charge in [0.25, 0.3) is 17.6 Å². The van der Waals surface area contributed by atoms with Crippen LogP contribution in [0.25, 0.3) is 0 Å². The van der Waals surface area contributed by atoms with Gasteiger partial charge in [-0.3, -0.25) is 14.4 Å². The van der Waals surface area contributed by atoms with Crippen LogP contribution in [0.15, 0.2) is 22.7 Å². The van der Waals surface area contributed by atoms with Gasteiger partial charge in [0.05, 0.1) is 10.0 Å². The van der Waals surface area contributed by atoms with Crippen molar-refractivity contribution >= 4 is 39.2 Å². The number of fused-ring (bicyclic) bond motifs is 1. The van der Waals surface area contributed by atoms with Crippen LogP contribution < -0.4 is 10.6 Å². The summed E-state index contributed by atoms with van der Waals surface area (Å²) in [6, 6.07) is 3.04. The first-order valence-corrected chi connectivity index (χ1v) is 11.1. The number of rotatable bonds is 5. The number of halogens is 3. The summed E-state index contributed by atoms with van der Waals surface area (Å²) >= 11 is 3.34. The van der Waals surface area contributed by atoms with Crippen molar-refractivity contribution in [3.05, 3.63) is 51.3 Å². The van der Waals surface area contributed by atoms with E-state index >= 15 is 0 Å². The molecular weight excluding hydrogens is 488 g/mol. The first kappa shape index (κ1) is 22.6. The number of carbonyl (C=O) groups excluding carboxylic acids is 3. The third-order valence-electron chi connectivity index (χ3n) is 5.94. The minimum atomic E-state index is -1.09. The Labute approximate surface area is 191 Å². The summed E-state index contributed by atoms with van der Waals surface area (Å²) in [7, 11) is 0. The molecule has 3 heterocycles. The van der Waals surface area contributed by atoms with Crippen LogP contribution in [-0.2, 0) is 22.5 Å². The topological polar surface area (TPSA) is 89.4 Å². The van der Waals surface area contributed by atoms with Gasteiger partial charge in [-0.15, -0.1) is 0 Å².